The van der Waals surface area contributed by atoms with E-state index >= 15 is 0 Å². The predicted octanol–water partition coefficient (Wildman–Crippen LogP) is 4.51. The van der Waals surface area contributed by atoms with E-state index in [0.29, 0.717) is 0 Å². The second kappa shape index (κ2) is 7.83. The van der Waals surface area contributed by atoms with Gasteiger partial charge in [-0.15, -0.1) is 0 Å². The van der Waals surface area contributed by atoms with Crippen LogP contribution in [0.1, 0.15) is 28.1 Å². The molecule has 0 saturated heterocycles. The molecule has 0 unspecified atom stereocenters. The van der Waals surface area contributed by atoms with Crippen LogP contribution in [-0.4, -0.2) is 15.5 Å². The molecule has 26 heavy (non-hydrogen) atoms. The highest BCUT2D eigenvalue weighted by molar-refractivity contribution is 6.02. The molecule has 4 heteroatoms. The lowest BCUT2D eigenvalue weighted by Gasteiger charge is -2.07. The molecule has 132 valence electrons. The Morgan fingerprint density at radius 3 is 2.54 bits per heavy atom. The van der Waals surface area contributed by atoms with Gasteiger partial charge in [-0.05, 0) is 55.7 Å². The van der Waals surface area contributed by atoms with E-state index < -0.39 is 0 Å². The van der Waals surface area contributed by atoms with Crippen LogP contribution in [0.5, 0.6) is 0 Å². The number of imidazole rings is 1. The number of anilines is 1. The number of nitrogens with one attached hydrogen (secondary N) is 1. The zero-order chi connectivity index (χ0) is 18.5. The third-order valence-corrected chi connectivity index (χ3v) is 4.34. The van der Waals surface area contributed by atoms with Crippen molar-refractivity contribution in [3.8, 4) is 0 Å². The maximum atomic E-state index is 12.1. The molecule has 1 aromatic heterocycles. The molecule has 0 saturated carbocycles. The van der Waals surface area contributed by atoms with E-state index in [-0.39, 0.29) is 5.91 Å². The lowest BCUT2D eigenvalue weighted by atomic mass is 10.1. The van der Waals surface area contributed by atoms with Crippen molar-refractivity contribution in [1.29, 1.82) is 0 Å². The van der Waals surface area contributed by atoms with Crippen LogP contribution < -0.4 is 5.32 Å². The number of benzene rings is 2. The summed E-state index contributed by atoms with van der Waals surface area (Å²) in [6.45, 7) is 6.86. The number of rotatable bonds is 5. The van der Waals surface area contributed by atoms with E-state index in [9.17, 15) is 4.79 Å². The van der Waals surface area contributed by atoms with Crippen molar-refractivity contribution in [1.82, 2.24) is 9.55 Å². The molecule has 0 spiro atoms. The van der Waals surface area contributed by atoms with Gasteiger partial charge in [0.15, 0.2) is 0 Å². The molecule has 4 nitrogen and oxygen atoms in total. The largest absolute Gasteiger partial charge is 0.331 e. The lowest BCUT2D eigenvalue weighted by molar-refractivity contribution is -0.111. The molecule has 0 aliphatic heterocycles. The van der Waals surface area contributed by atoms with Crippen LogP contribution in [0.2, 0.25) is 0 Å². The van der Waals surface area contributed by atoms with Gasteiger partial charge in [-0.25, -0.2) is 4.98 Å². The molecule has 0 atom stereocenters. The van der Waals surface area contributed by atoms with Crippen molar-refractivity contribution in [2.24, 2.45) is 0 Å². The minimum Gasteiger partial charge on any atom is -0.331 e. The SMILES string of the molecule is Cc1ccc(/C=C/C(=O)Nc2ccc(Cn3ccnc3C)cc2)c(C)c1. The summed E-state index contributed by atoms with van der Waals surface area (Å²) in [7, 11) is 0. The monoisotopic (exact) mass is 345 g/mol. The van der Waals surface area contributed by atoms with Crippen LogP contribution in [0.25, 0.3) is 6.08 Å². The van der Waals surface area contributed by atoms with Gasteiger partial charge in [0.05, 0.1) is 0 Å². The Morgan fingerprint density at radius 1 is 1.12 bits per heavy atom. The topological polar surface area (TPSA) is 46.9 Å². The van der Waals surface area contributed by atoms with Crippen LogP contribution in [-0.2, 0) is 11.3 Å². The number of hydrogen-bond acceptors (Lipinski definition) is 2. The second-order valence-corrected chi connectivity index (χ2v) is 6.48. The highest BCUT2D eigenvalue weighted by atomic mass is 16.1. The van der Waals surface area contributed by atoms with E-state index in [1.807, 2.05) is 62.5 Å². The Hall–Kier alpha value is -3.14. The number of carbonyl (C=O) groups excluding carboxylic acids is 1. The first-order chi connectivity index (χ1) is 12.5. The maximum absolute atomic E-state index is 12.1. The molecule has 1 amide bonds. The fraction of sp³-hybridized carbons (Fsp3) is 0.182. The number of aromatic nitrogens is 2. The number of hydrogen-bond donors (Lipinski definition) is 1. The minimum atomic E-state index is -0.136. The fourth-order valence-electron chi connectivity index (χ4n) is 2.82. The Balaban J connectivity index is 1.60. The Labute approximate surface area is 154 Å². The van der Waals surface area contributed by atoms with Gasteiger partial charge in [0.2, 0.25) is 5.91 Å². The molecule has 1 N–H and O–H groups in total. The Kier molecular flexibility index (Phi) is 5.32. The Bertz CT molecular complexity index is 936. The normalized spacial score (nSPS) is 11.0. The summed E-state index contributed by atoms with van der Waals surface area (Å²) in [6.07, 6.45) is 7.18. The summed E-state index contributed by atoms with van der Waals surface area (Å²) in [5.74, 6) is 0.849. The van der Waals surface area contributed by atoms with Crippen molar-refractivity contribution in [3.05, 3.63) is 89.0 Å². The van der Waals surface area contributed by atoms with Crippen molar-refractivity contribution in [2.45, 2.75) is 27.3 Å². The molecule has 0 fully saturated rings. The third-order valence-electron chi connectivity index (χ3n) is 4.34. The molecular weight excluding hydrogens is 322 g/mol. The molecule has 0 aliphatic rings. The number of amides is 1. The van der Waals surface area contributed by atoms with Gasteiger partial charge in [0, 0.05) is 30.7 Å². The van der Waals surface area contributed by atoms with Gasteiger partial charge in [0.25, 0.3) is 0 Å². The zero-order valence-corrected chi connectivity index (χ0v) is 15.4. The summed E-state index contributed by atoms with van der Waals surface area (Å²) in [4.78, 5) is 16.4. The van der Waals surface area contributed by atoms with Gasteiger partial charge in [-0.3, -0.25) is 4.79 Å². The number of carbonyl (C=O) groups is 1. The fourth-order valence-corrected chi connectivity index (χ4v) is 2.82. The highest BCUT2D eigenvalue weighted by Crippen LogP contribution is 2.14. The molecule has 0 bridgehead atoms. The highest BCUT2D eigenvalue weighted by Gasteiger charge is 2.02. The van der Waals surface area contributed by atoms with Crippen molar-refractivity contribution in [2.75, 3.05) is 5.32 Å². The van der Waals surface area contributed by atoms with Gasteiger partial charge in [-0.2, -0.15) is 0 Å². The molecule has 0 aliphatic carbocycles. The third kappa shape index (κ3) is 4.48. The summed E-state index contributed by atoms with van der Waals surface area (Å²) >= 11 is 0. The average Bonchev–Trinajstić information content (AvgIpc) is 3.01. The van der Waals surface area contributed by atoms with E-state index in [1.54, 1.807) is 12.3 Å². The summed E-state index contributed by atoms with van der Waals surface area (Å²) in [5, 5.41) is 2.90. The molecule has 2 aromatic carbocycles. The molecule has 3 aromatic rings. The van der Waals surface area contributed by atoms with E-state index in [4.69, 9.17) is 0 Å². The first kappa shape index (κ1) is 17.7. The lowest BCUT2D eigenvalue weighted by Crippen LogP contribution is -2.08. The molecular formula is C22H23N3O. The van der Waals surface area contributed by atoms with Crippen molar-refractivity contribution < 1.29 is 4.79 Å². The standard InChI is InChI=1S/C22H23N3O/c1-16-4-7-20(17(2)14-16)8-11-22(26)24-21-9-5-19(6-10-21)15-25-13-12-23-18(25)3/h4-14H,15H2,1-3H3,(H,24,26)/b11-8+. The summed E-state index contributed by atoms with van der Waals surface area (Å²) in [5.41, 5.74) is 5.38. The van der Waals surface area contributed by atoms with E-state index in [1.165, 1.54) is 5.56 Å². The predicted molar refractivity (Wildman–Crippen MR) is 106 cm³/mol. The average molecular weight is 345 g/mol. The maximum Gasteiger partial charge on any atom is 0.248 e. The van der Waals surface area contributed by atoms with Crippen LogP contribution in [0, 0.1) is 20.8 Å². The first-order valence-electron chi connectivity index (χ1n) is 8.64. The molecule has 0 radical (unpaired) electrons. The van der Waals surface area contributed by atoms with Crippen LogP contribution in [0.15, 0.2) is 60.9 Å². The smallest absolute Gasteiger partial charge is 0.248 e. The van der Waals surface area contributed by atoms with Crippen molar-refractivity contribution in [3.63, 3.8) is 0 Å². The first-order valence-corrected chi connectivity index (χ1v) is 8.64. The number of nitrogens with zero attached hydrogens (tertiary/aromatic N) is 2. The minimum absolute atomic E-state index is 0.136. The second-order valence-electron chi connectivity index (χ2n) is 6.48. The van der Waals surface area contributed by atoms with Crippen LogP contribution in [0.4, 0.5) is 5.69 Å². The van der Waals surface area contributed by atoms with Crippen LogP contribution in [0.3, 0.4) is 0 Å². The van der Waals surface area contributed by atoms with E-state index in [2.05, 4.69) is 27.9 Å². The number of aryl methyl sites for hydroxylation is 3. The van der Waals surface area contributed by atoms with Crippen molar-refractivity contribution >= 4 is 17.7 Å². The molecule has 1 heterocycles. The van der Waals surface area contributed by atoms with Crippen LogP contribution >= 0.6 is 0 Å². The summed E-state index contributed by atoms with van der Waals surface area (Å²) < 4.78 is 2.08. The zero-order valence-electron chi connectivity index (χ0n) is 15.4. The van der Waals surface area contributed by atoms with Gasteiger partial charge >= 0.3 is 0 Å². The molecule has 3 rings (SSSR count). The van der Waals surface area contributed by atoms with E-state index in [0.717, 1.165) is 34.7 Å². The summed E-state index contributed by atoms with van der Waals surface area (Å²) in [6, 6.07) is 14.1. The quantitative estimate of drug-likeness (QED) is 0.692. The van der Waals surface area contributed by atoms with Gasteiger partial charge in [0.1, 0.15) is 5.82 Å². The van der Waals surface area contributed by atoms with Gasteiger partial charge in [-0.1, -0.05) is 35.9 Å². The van der Waals surface area contributed by atoms with Gasteiger partial charge < -0.3 is 9.88 Å². The Morgan fingerprint density at radius 2 is 1.88 bits per heavy atom.